The first-order valence-electron chi connectivity index (χ1n) is 8.87. The first-order valence-corrected chi connectivity index (χ1v) is 10.0. The van der Waals surface area contributed by atoms with Crippen molar-refractivity contribution in [3.05, 3.63) is 74.4 Å². The molecule has 1 aliphatic heterocycles. The van der Waals surface area contributed by atoms with Crippen molar-refractivity contribution in [2.24, 2.45) is 0 Å². The lowest BCUT2D eigenvalue weighted by atomic mass is 9.92. The minimum atomic E-state index is -0.503. The highest BCUT2D eigenvalue weighted by molar-refractivity contribution is 9.10. The van der Waals surface area contributed by atoms with Crippen LogP contribution in [-0.4, -0.2) is 26.0 Å². The third kappa shape index (κ3) is 3.90. The lowest BCUT2D eigenvalue weighted by Crippen LogP contribution is -2.28. The molecule has 1 aromatic heterocycles. The molecule has 29 heavy (non-hydrogen) atoms. The summed E-state index contributed by atoms with van der Waals surface area (Å²) in [5, 5.41) is 15.6. The Hall–Kier alpha value is -2.71. The first-order chi connectivity index (χ1) is 13.9. The number of aromatic nitrogens is 4. The van der Waals surface area contributed by atoms with Gasteiger partial charge < -0.3 is 10.1 Å². The van der Waals surface area contributed by atoms with E-state index in [1.165, 1.54) is 6.92 Å². The largest absolute Gasteiger partial charge is 0.489 e. The summed E-state index contributed by atoms with van der Waals surface area (Å²) in [7, 11) is 0. The van der Waals surface area contributed by atoms with E-state index < -0.39 is 6.04 Å². The topological polar surface area (TPSA) is 81.9 Å². The molecule has 148 valence electrons. The zero-order valence-electron chi connectivity index (χ0n) is 15.7. The molecule has 4 rings (SSSR count). The van der Waals surface area contributed by atoms with Crippen molar-refractivity contribution in [2.75, 3.05) is 5.32 Å². The highest BCUT2D eigenvalue weighted by Crippen LogP contribution is 2.40. The van der Waals surface area contributed by atoms with E-state index in [-0.39, 0.29) is 5.78 Å². The van der Waals surface area contributed by atoms with Crippen LogP contribution in [0.5, 0.6) is 5.75 Å². The van der Waals surface area contributed by atoms with Gasteiger partial charge in [0, 0.05) is 26.3 Å². The van der Waals surface area contributed by atoms with Crippen LogP contribution in [0.15, 0.2) is 58.2 Å². The van der Waals surface area contributed by atoms with Gasteiger partial charge in [-0.1, -0.05) is 44.8 Å². The second kappa shape index (κ2) is 7.96. The molecule has 2 aromatic carbocycles. The number of nitrogens with one attached hydrogen (secondary N) is 1. The van der Waals surface area contributed by atoms with Crippen molar-refractivity contribution in [2.45, 2.75) is 26.5 Å². The number of carbonyl (C=O) groups is 1. The summed E-state index contributed by atoms with van der Waals surface area (Å²) in [5.41, 5.74) is 3.07. The lowest BCUT2D eigenvalue weighted by Gasteiger charge is -2.28. The normalized spacial score (nSPS) is 15.7. The Bertz CT molecular complexity index is 1110. The molecule has 0 saturated heterocycles. The van der Waals surface area contributed by atoms with E-state index in [0.29, 0.717) is 34.6 Å². The Balaban J connectivity index is 1.76. The molecule has 0 radical (unpaired) electrons. The molecule has 0 fully saturated rings. The Kier molecular flexibility index (Phi) is 5.38. The van der Waals surface area contributed by atoms with Crippen molar-refractivity contribution >= 4 is 39.3 Å². The van der Waals surface area contributed by atoms with Gasteiger partial charge in [0.15, 0.2) is 5.78 Å². The van der Waals surface area contributed by atoms with Crippen LogP contribution in [-0.2, 0) is 11.4 Å². The molecule has 1 aliphatic rings. The van der Waals surface area contributed by atoms with Gasteiger partial charge in [-0.05, 0) is 60.2 Å². The van der Waals surface area contributed by atoms with E-state index in [1.807, 2.05) is 49.4 Å². The minimum absolute atomic E-state index is 0.0650. The number of halogens is 2. The number of Topliss-reactive ketones (excluding diaryl/α,β-unsaturated/α-hetero) is 1. The summed E-state index contributed by atoms with van der Waals surface area (Å²) < 4.78 is 8.59. The molecule has 1 N–H and O–H groups in total. The summed E-state index contributed by atoms with van der Waals surface area (Å²) in [6.07, 6.45) is 0. The van der Waals surface area contributed by atoms with Gasteiger partial charge in [0.05, 0.1) is 0 Å². The Labute approximate surface area is 180 Å². The number of nitrogens with zero attached hydrogens (tertiary/aromatic N) is 4. The minimum Gasteiger partial charge on any atom is -0.489 e. The number of fused-ring (bicyclic) bond motifs is 1. The summed E-state index contributed by atoms with van der Waals surface area (Å²) in [5.74, 6) is 1.05. The quantitative estimate of drug-likeness (QED) is 0.584. The van der Waals surface area contributed by atoms with Crippen LogP contribution in [0.1, 0.15) is 31.0 Å². The average Bonchev–Trinajstić information content (AvgIpc) is 3.15. The first kappa shape index (κ1) is 19.6. The molecule has 0 saturated carbocycles. The van der Waals surface area contributed by atoms with E-state index in [4.69, 9.17) is 16.3 Å². The number of tetrazole rings is 1. The molecule has 2 heterocycles. The van der Waals surface area contributed by atoms with Gasteiger partial charge in [0.1, 0.15) is 18.4 Å². The van der Waals surface area contributed by atoms with Gasteiger partial charge in [0.25, 0.3) is 0 Å². The monoisotopic (exact) mass is 473 g/mol. The summed E-state index contributed by atoms with van der Waals surface area (Å²) in [6, 6.07) is 12.7. The van der Waals surface area contributed by atoms with E-state index in [1.54, 1.807) is 4.68 Å². The van der Waals surface area contributed by atoms with Crippen LogP contribution in [0.2, 0.25) is 5.02 Å². The maximum Gasteiger partial charge on any atom is 0.248 e. The summed E-state index contributed by atoms with van der Waals surface area (Å²) in [6.45, 7) is 3.74. The molecule has 1 atom stereocenters. The second-order valence-corrected chi connectivity index (χ2v) is 8.02. The zero-order valence-corrected chi connectivity index (χ0v) is 18.0. The number of hydrogen-bond acceptors (Lipinski definition) is 6. The van der Waals surface area contributed by atoms with E-state index in [9.17, 15) is 4.79 Å². The van der Waals surface area contributed by atoms with Crippen LogP contribution < -0.4 is 10.1 Å². The predicted octanol–water partition coefficient (Wildman–Crippen LogP) is 4.55. The molecule has 0 spiro atoms. The average molecular weight is 475 g/mol. The number of rotatable bonds is 5. The van der Waals surface area contributed by atoms with Gasteiger partial charge in [-0.15, -0.1) is 0 Å². The number of anilines is 1. The van der Waals surface area contributed by atoms with Crippen molar-refractivity contribution in [3.63, 3.8) is 0 Å². The van der Waals surface area contributed by atoms with Gasteiger partial charge in [-0.3, -0.25) is 4.79 Å². The molecule has 0 aliphatic carbocycles. The zero-order chi connectivity index (χ0) is 20.5. The number of hydrogen-bond donors (Lipinski definition) is 1. The van der Waals surface area contributed by atoms with Gasteiger partial charge in [-0.25, -0.2) is 0 Å². The third-order valence-corrected chi connectivity index (χ3v) is 5.41. The maximum atomic E-state index is 12.5. The predicted molar refractivity (Wildman–Crippen MR) is 113 cm³/mol. The number of ketones is 1. The van der Waals surface area contributed by atoms with Crippen LogP contribution in [0, 0.1) is 0 Å². The van der Waals surface area contributed by atoms with Crippen molar-refractivity contribution in [3.8, 4) is 5.75 Å². The van der Waals surface area contributed by atoms with Crippen molar-refractivity contribution < 1.29 is 9.53 Å². The molecule has 0 bridgehead atoms. The second-order valence-electron chi connectivity index (χ2n) is 6.67. The van der Waals surface area contributed by atoms with Gasteiger partial charge in [0.2, 0.25) is 5.95 Å². The number of carbonyl (C=O) groups excluding carboxylic acids is 1. The highest BCUT2D eigenvalue weighted by Gasteiger charge is 2.34. The third-order valence-electron chi connectivity index (χ3n) is 4.67. The van der Waals surface area contributed by atoms with Gasteiger partial charge >= 0.3 is 0 Å². The molecular weight excluding hydrogens is 458 g/mol. The van der Waals surface area contributed by atoms with Crippen molar-refractivity contribution in [1.29, 1.82) is 0 Å². The highest BCUT2D eigenvalue weighted by atomic mass is 79.9. The lowest BCUT2D eigenvalue weighted by molar-refractivity contribution is -0.114. The fraction of sp³-hybridized carbons (Fsp3) is 0.200. The van der Waals surface area contributed by atoms with Crippen LogP contribution >= 0.6 is 27.5 Å². The van der Waals surface area contributed by atoms with Gasteiger partial charge in [-0.2, -0.15) is 4.68 Å². The molecule has 0 amide bonds. The van der Waals surface area contributed by atoms with Crippen molar-refractivity contribution in [1.82, 2.24) is 20.2 Å². The molecule has 9 heteroatoms. The molecule has 7 nitrogen and oxygen atoms in total. The number of benzene rings is 2. The van der Waals surface area contributed by atoms with Crippen LogP contribution in [0.25, 0.3) is 0 Å². The number of ether oxygens (including phenoxy) is 1. The van der Waals surface area contributed by atoms with Crippen LogP contribution in [0.3, 0.4) is 0 Å². The Morgan fingerprint density at radius 3 is 2.76 bits per heavy atom. The molecule has 1 unspecified atom stereocenters. The standard InChI is InChI=1S/C20H17BrClN5O2/c1-11-18(12(2)28)19(27-20(23-11)24-25-26-27)16-9-14(21)5-8-17(16)29-10-13-3-6-15(22)7-4-13/h3-9,19H,10H2,1-2H3,(H,23,24,26). The fourth-order valence-corrected chi connectivity index (χ4v) is 3.87. The molecular formula is C20H17BrClN5O2. The van der Waals surface area contributed by atoms with Crippen LogP contribution in [0.4, 0.5) is 5.95 Å². The van der Waals surface area contributed by atoms with E-state index in [2.05, 4.69) is 36.8 Å². The Morgan fingerprint density at radius 1 is 1.28 bits per heavy atom. The van der Waals surface area contributed by atoms with E-state index in [0.717, 1.165) is 15.6 Å². The Morgan fingerprint density at radius 2 is 2.03 bits per heavy atom. The summed E-state index contributed by atoms with van der Waals surface area (Å²) >= 11 is 9.48. The molecule has 3 aromatic rings. The fourth-order valence-electron chi connectivity index (χ4n) is 3.36. The summed E-state index contributed by atoms with van der Waals surface area (Å²) in [4.78, 5) is 12.5. The number of allylic oxidation sites excluding steroid dienone is 2. The smallest absolute Gasteiger partial charge is 0.248 e. The van der Waals surface area contributed by atoms with E-state index >= 15 is 0 Å². The SMILES string of the molecule is CC(=O)C1=C(C)Nc2nnnn2C1c1cc(Br)ccc1OCc1ccc(Cl)cc1. The maximum absolute atomic E-state index is 12.5.